The summed E-state index contributed by atoms with van der Waals surface area (Å²) in [6, 6.07) is 11.5. The van der Waals surface area contributed by atoms with Crippen molar-refractivity contribution in [2.24, 2.45) is 0 Å². The van der Waals surface area contributed by atoms with E-state index in [1.165, 1.54) is 43.5 Å². The van der Waals surface area contributed by atoms with Crippen LogP contribution in [-0.4, -0.2) is 64.6 Å². The van der Waals surface area contributed by atoms with Gasteiger partial charge in [-0.1, -0.05) is 6.07 Å². The van der Waals surface area contributed by atoms with Gasteiger partial charge in [0, 0.05) is 11.6 Å². The van der Waals surface area contributed by atoms with Crippen LogP contribution in [0.3, 0.4) is 0 Å². The van der Waals surface area contributed by atoms with Crippen LogP contribution in [0.15, 0.2) is 54.7 Å². The van der Waals surface area contributed by atoms with Gasteiger partial charge in [-0.15, -0.1) is 0 Å². The number of nitrogens with one attached hydrogen (secondary N) is 1. The zero-order valence-electron chi connectivity index (χ0n) is 27.1. The third kappa shape index (κ3) is 7.01. The molecule has 1 N–H and O–H groups in total. The highest BCUT2D eigenvalue weighted by Gasteiger charge is 2.36. The van der Waals surface area contributed by atoms with Crippen LogP contribution in [0, 0.1) is 11.6 Å². The normalized spacial score (nSPS) is 13.1. The molecular formula is C34H33F2N5O7. The number of esters is 2. The predicted molar refractivity (Wildman–Crippen MR) is 169 cm³/mol. The van der Waals surface area contributed by atoms with Crippen LogP contribution in [0.25, 0.3) is 11.4 Å². The number of pyridine rings is 1. The summed E-state index contributed by atoms with van der Waals surface area (Å²) in [5, 5.41) is 3.00. The zero-order valence-corrected chi connectivity index (χ0v) is 27.1. The number of hydrogen-bond donors (Lipinski definition) is 1. The summed E-state index contributed by atoms with van der Waals surface area (Å²) in [6.07, 6.45) is 1.31. The van der Waals surface area contributed by atoms with E-state index >= 15 is 0 Å². The molecule has 4 aromatic rings. The maximum Gasteiger partial charge on any atom is 0.327 e. The minimum Gasteiger partial charge on any atom is -0.497 e. The van der Waals surface area contributed by atoms with Crippen molar-refractivity contribution in [3.8, 4) is 22.9 Å². The number of carbonyl (C=O) groups is 3. The number of methoxy groups -OCH3 is 3. The lowest BCUT2D eigenvalue weighted by molar-refractivity contribution is -0.163. The number of nitrogens with zero attached hydrogens (tertiary/aromatic N) is 4. The van der Waals surface area contributed by atoms with Crippen molar-refractivity contribution in [2.45, 2.75) is 45.4 Å². The molecule has 5 rings (SSSR count). The summed E-state index contributed by atoms with van der Waals surface area (Å²) in [5.41, 5.74) is 0.0307. The molecule has 0 bridgehead atoms. The van der Waals surface area contributed by atoms with E-state index in [-0.39, 0.29) is 47.4 Å². The Kier molecular flexibility index (Phi) is 9.55. The molecule has 12 nitrogen and oxygen atoms in total. The third-order valence-electron chi connectivity index (χ3n) is 7.29. The second kappa shape index (κ2) is 13.6. The number of aromatic nitrogens is 3. The predicted octanol–water partition coefficient (Wildman–Crippen LogP) is 5.33. The smallest absolute Gasteiger partial charge is 0.327 e. The van der Waals surface area contributed by atoms with Gasteiger partial charge < -0.3 is 29.2 Å². The molecule has 1 aliphatic rings. The van der Waals surface area contributed by atoms with Gasteiger partial charge in [0.15, 0.2) is 11.7 Å². The van der Waals surface area contributed by atoms with Crippen LogP contribution in [0.5, 0.6) is 11.5 Å². The summed E-state index contributed by atoms with van der Waals surface area (Å²) < 4.78 is 50.7. The molecule has 0 aliphatic carbocycles. The molecular weight excluding hydrogens is 628 g/mol. The van der Waals surface area contributed by atoms with Crippen molar-refractivity contribution in [2.75, 3.05) is 26.6 Å². The second-order valence-electron chi connectivity index (χ2n) is 11.7. The number of amides is 1. The standard InChI is InChI=1S/C34H33F2N5O7/c1-34(2,3)48-33(44)28(32(43)47-6)23-13-11-19(15-37-23)38-30-27-24(39-29(40-30)26-21(35)8-7-9-22(26)36)17-41(31(27)42)16-18-10-12-20(45-4)14-25(18)46-5/h7-15,28H,16-17H2,1-6H3,(H,38,39,40). The molecule has 0 saturated carbocycles. The quantitative estimate of drug-likeness (QED) is 0.174. The molecule has 250 valence electrons. The van der Waals surface area contributed by atoms with Crippen molar-refractivity contribution in [3.05, 3.63) is 88.9 Å². The monoisotopic (exact) mass is 661 g/mol. The minimum absolute atomic E-state index is 0.0114. The Bertz CT molecular complexity index is 1860. The summed E-state index contributed by atoms with van der Waals surface area (Å²) in [6.45, 7) is 5.13. The second-order valence-corrected chi connectivity index (χ2v) is 11.7. The first-order chi connectivity index (χ1) is 22.8. The lowest BCUT2D eigenvalue weighted by Gasteiger charge is -2.22. The number of halogens is 2. The first kappa shape index (κ1) is 33.7. The fourth-order valence-electron chi connectivity index (χ4n) is 5.09. The number of fused-ring (bicyclic) bond motifs is 1. The number of carbonyl (C=O) groups excluding carboxylic acids is 3. The lowest BCUT2D eigenvalue weighted by Crippen LogP contribution is -2.32. The van der Waals surface area contributed by atoms with Crippen LogP contribution in [0.4, 0.5) is 20.3 Å². The van der Waals surface area contributed by atoms with Crippen molar-refractivity contribution < 1.29 is 42.1 Å². The molecule has 0 spiro atoms. The zero-order chi connectivity index (χ0) is 34.7. The highest BCUT2D eigenvalue weighted by molar-refractivity contribution is 6.03. The van der Waals surface area contributed by atoms with Crippen LogP contribution in [-0.2, 0) is 32.2 Å². The number of hydrogen-bond acceptors (Lipinski definition) is 11. The molecule has 3 heterocycles. The van der Waals surface area contributed by atoms with Crippen LogP contribution in [0.1, 0.15) is 54.0 Å². The molecule has 1 unspecified atom stereocenters. The van der Waals surface area contributed by atoms with E-state index in [0.29, 0.717) is 17.1 Å². The molecule has 48 heavy (non-hydrogen) atoms. The highest BCUT2D eigenvalue weighted by Crippen LogP contribution is 2.35. The maximum atomic E-state index is 14.9. The first-order valence-corrected chi connectivity index (χ1v) is 14.7. The van der Waals surface area contributed by atoms with Crippen molar-refractivity contribution in [1.29, 1.82) is 0 Å². The van der Waals surface area contributed by atoms with Crippen molar-refractivity contribution >= 4 is 29.4 Å². The van der Waals surface area contributed by atoms with Gasteiger partial charge in [-0.2, -0.15) is 0 Å². The Labute approximate surface area is 275 Å². The van der Waals surface area contributed by atoms with Crippen molar-refractivity contribution in [1.82, 2.24) is 19.9 Å². The number of rotatable bonds is 10. The molecule has 0 saturated heterocycles. The summed E-state index contributed by atoms with van der Waals surface area (Å²) in [4.78, 5) is 53.8. The number of benzene rings is 2. The summed E-state index contributed by atoms with van der Waals surface area (Å²) in [7, 11) is 4.17. The van der Waals surface area contributed by atoms with E-state index < -0.39 is 46.6 Å². The molecule has 14 heteroatoms. The Morgan fingerprint density at radius 1 is 0.958 bits per heavy atom. The minimum atomic E-state index is -1.45. The Morgan fingerprint density at radius 2 is 1.69 bits per heavy atom. The number of ether oxygens (including phenoxy) is 4. The Hall–Kier alpha value is -5.66. The summed E-state index contributed by atoms with van der Waals surface area (Å²) in [5.74, 6) is -4.59. The SMILES string of the molecule is COC(=O)C(C(=O)OC(C)(C)C)c1ccc(Nc2nc(-c3c(F)cccc3F)nc3c2C(=O)N(Cc2ccc(OC)cc2OC)C3)cn1. The van der Waals surface area contributed by atoms with E-state index in [2.05, 4.69) is 20.3 Å². The van der Waals surface area contributed by atoms with E-state index in [1.807, 2.05) is 0 Å². The van der Waals surface area contributed by atoms with Gasteiger partial charge in [0.2, 0.25) is 0 Å². The Morgan fingerprint density at radius 3 is 2.29 bits per heavy atom. The fourth-order valence-corrected chi connectivity index (χ4v) is 5.09. The van der Waals surface area contributed by atoms with Crippen LogP contribution < -0.4 is 14.8 Å². The van der Waals surface area contributed by atoms with Crippen LogP contribution >= 0.6 is 0 Å². The van der Waals surface area contributed by atoms with Gasteiger partial charge in [-0.25, -0.2) is 18.7 Å². The van der Waals surface area contributed by atoms with Crippen LogP contribution in [0.2, 0.25) is 0 Å². The Balaban J connectivity index is 1.52. The van der Waals surface area contributed by atoms with Gasteiger partial charge in [0.1, 0.15) is 40.1 Å². The molecule has 1 amide bonds. The number of anilines is 2. The fraction of sp³-hybridized carbons (Fsp3) is 0.294. The van der Waals surface area contributed by atoms with Gasteiger partial charge in [-0.3, -0.25) is 19.4 Å². The maximum absolute atomic E-state index is 14.9. The molecule has 1 atom stereocenters. The van der Waals surface area contributed by atoms with Gasteiger partial charge in [0.05, 0.1) is 63.3 Å². The molecule has 2 aromatic heterocycles. The lowest BCUT2D eigenvalue weighted by atomic mass is 10.0. The van der Waals surface area contributed by atoms with E-state index in [9.17, 15) is 23.2 Å². The molecule has 1 aliphatic heterocycles. The van der Waals surface area contributed by atoms with E-state index in [1.54, 1.807) is 39.0 Å². The van der Waals surface area contributed by atoms with Crippen molar-refractivity contribution in [3.63, 3.8) is 0 Å². The average molecular weight is 662 g/mol. The topological polar surface area (TPSA) is 142 Å². The average Bonchev–Trinajstić information content (AvgIpc) is 3.35. The summed E-state index contributed by atoms with van der Waals surface area (Å²) >= 11 is 0. The first-order valence-electron chi connectivity index (χ1n) is 14.7. The van der Waals surface area contributed by atoms with Gasteiger partial charge in [-0.05, 0) is 57.2 Å². The van der Waals surface area contributed by atoms with Gasteiger partial charge in [0.25, 0.3) is 5.91 Å². The molecule has 0 fully saturated rings. The van der Waals surface area contributed by atoms with E-state index in [0.717, 1.165) is 19.2 Å². The molecule has 0 radical (unpaired) electrons. The van der Waals surface area contributed by atoms with E-state index in [4.69, 9.17) is 18.9 Å². The third-order valence-corrected chi connectivity index (χ3v) is 7.29. The highest BCUT2D eigenvalue weighted by atomic mass is 19.1. The largest absolute Gasteiger partial charge is 0.497 e. The molecule has 2 aromatic carbocycles. The van der Waals surface area contributed by atoms with Gasteiger partial charge >= 0.3 is 11.9 Å².